The largest absolute Gasteiger partial charge is 0.379 e. The van der Waals surface area contributed by atoms with Crippen molar-refractivity contribution in [3.05, 3.63) is 12.0 Å². The standard InChI is InChI=1S/C6H13NO3S/c1-2-11(8,9)6-5-10-4-3-7/h2H,1,3-7H2. The third-order valence-electron chi connectivity index (χ3n) is 1.03. The Bertz CT molecular complexity index is 198. The molecule has 66 valence electrons. The Hall–Kier alpha value is -0.390. The Balaban J connectivity index is 3.47. The van der Waals surface area contributed by atoms with Crippen molar-refractivity contribution in [1.29, 1.82) is 0 Å². The van der Waals surface area contributed by atoms with Crippen LogP contribution in [0.1, 0.15) is 0 Å². The average Bonchev–Trinajstić information content (AvgIpc) is 1.99. The van der Waals surface area contributed by atoms with Crippen molar-refractivity contribution in [2.75, 3.05) is 25.5 Å². The number of hydrogen-bond acceptors (Lipinski definition) is 4. The van der Waals surface area contributed by atoms with Gasteiger partial charge in [-0.1, -0.05) is 6.58 Å². The van der Waals surface area contributed by atoms with Crippen LogP contribution < -0.4 is 5.73 Å². The van der Waals surface area contributed by atoms with Gasteiger partial charge < -0.3 is 10.5 Å². The molecule has 0 unspecified atom stereocenters. The van der Waals surface area contributed by atoms with E-state index in [-0.39, 0.29) is 12.4 Å². The second-order valence-electron chi connectivity index (χ2n) is 1.93. The van der Waals surface area contributed by atoms with Gasteiger partial charge in [-0.05, 0) is 0 Å². The van der Waals surface area contributed by atoms with Gasteiger partial charge in [0.2, 0.25) is 0 Å². The summed E-state index contributed by atoms with van der Waals surface area (Å²) in [4.78, 5) is 0. The van der Waals surface area contributed by atoms with Crippen LogP contribution in [0.3, 0.4) is 0 Å². The fourth-order valence-electron chi connectivity index (χ4n) is 0.444. The summed E-state index contributed by atoms with van der Waals surface area (Å²) in [7, 11) is -3.10. The third kappa shape index (κ3) is 6.03. The maximum absolute atomic E-state index is 10.7. The number of sulfone groups is 1. The maximum atomic E-state index is 10.7. The molecule has 0 aliphatic rings. The van der Waals surface area contributed by atoms with E-state index in [1.807, 2.05) is 0 Å². The van der Waals surface area contributed by atoms with Gasteiger partial charge in [0.15, 0.2) is 9.84 Å². The molecule has 0 saturated carbocycles. The van der Waals surface area contributed by atoms with E-state index in [1.165, 1.54) is 0 Å². The second kappa shape index (κ2) is 5.29. The molecule has 0 amide bonds. The summed E-state index contributed by atoms with van der Waals surface area (Å²) in [6, 6.07) is 0. The fourth-order valence-corrected chi connectivity index (χ4v) is 0.961. The van der Waals surface area contributed by atoms with Crippen LogP contribution in [0.4, 0.5) is 0 Å². The summed E-state index contributed by atoms with van der Waals surface area (Å²) < 4.78 is 26.3. The van der Waals surface area contributed by atoms with Crippen LogP contribution in [0.5, 0.6) is 0 Å². The van der Waals surface area contributed by atoms with Gasteiger partial charge in [-0.15, -0.1) is 0 Å². The first-order valence-corrected chi connectivity index (χ1v) is 4.97. The zero-order valence-electron chi connectivity index (χ0n) is 6.32. The average molecular weight is 179 g/mol. The second-order valence-corrected chi connectivity index (χ2v) is 4.00. The Morgan fingerprint density at radius 3 is 2.55 bits per heavy atom. The van der Waals surface area contributed by atoms with E-state index in [4.69, 9.17) is 10.5 Å². The minimum absolute atomic E-state index is 0.0174. The van der Waals surface area contributed by atoms with Crippen molar-refractivity contribution in [2.45, 2.75) is 0 Å². The van der Waals surface area contributed by atoms with E-state index < -0.39 is 9.84 Å². The lowest BCUT2D eigenvalue weighted by molar-refractivity contribution is 0.157. The molecule has 0 radical (unpaired) electrons. The fraction of sp³-hybridized carbons (Fsp3) is 0.667. The molecule has 0 aliphatic heterocycles. The van der Waals surface area contributed by atoms with Crippen LogP contribution in [0.15, 0.2) is 12.0 Å². The Morgan fingerprint density at radius 1 is 1.45 bits per heavy atom. The minimum Gasteiger partial charge on any atom is -0.379 e. The molecule has 0 aliphatic carbocycles. The van der Waals surface area contributed by atoms with E-state index in [0.29, 0.717) is 13.2 Å². The zero-order valence-corrected chi connectivity index (χ0v) is 7.14. The summed E-state index contributed by atoms with van der Waals surface area (Å²) in [5.74, 6) is -0.0174. The highest BCUT2D eigenvalue weighted by Crippen LogP contribution is 1.89. The molecule has 2 N–H and O–H groups in total. The number of rotatable bonds is 6. The number of nitrogens with two attached hydrogens (primary N) is 1. The smallest absolute Gasteiger partial charge is 0.173 e. The highest BCUT2D eigenvalue weighted by atomic mass is 32.2. The van der Waals surface area contributed by atoms with Gasteiger partial charge in [0, 0.05) is 12.0 Å². The van der Waals surface area contributed by atoms with Crippen molar-refractivity contribution in [3.8, 4) is 0 Å². The first-order valence-electron chi connectivity index (χ1n) is 3.25. The molecule has 0 rings (SSSR count). The van der Waals surface area contributed by atoms with E-state index in [2.05, 4.69) is 6.58 Å². The van der Waals surface area contributed by atoms with Crippen molar-refractivity contribution in [1.82, 2.24) is 0 Å². The maximum Gasteiger partial charge on any atom is 0.173 e. The van der Waals surface area contributed by atoms with Gasteiger partial charge in [0.05, 0.1) is 19.0 Å². The highest BCUT2D eigenvalue weighted by molar-refractivity contribution is 7.94. The van der Waals surface area contributed by atoms with E-state index in [9.17, 15) is 8.42 Å². The monoisotopic (exact) mass is 179 g/mol. The molecule has 4 nitrogen and oxygen atoms in total. The Kier molecular flexibility index (Phi) is 5.10. The van der Waals surface area contributed by atoms with Crippen LogP contribution in [-0.2, 0) is 14.6 Å². The molecule has 0 aromatic heterocycles. The zero-order chi connectivity index (χ0) is 8.74. The summed E-state index contributed by atoms with van der Waals surface area (Å²) >= 11 is 0. The predicted molar refractivity (Wildman–Crippen MR) is 43.9 cm³/mol. The molecule has 0 aromatic rings. The molecule has 0 spiro atoms. The van der Waals surface area contributed by atoms with Gasteiger partial charge in [0.25, 0.3) is 0 Å². The molecule has 0 aromatic carbocycles. The molecule has 0 saturated heterocycles. The Labute approximate surface area is 67.0 Å². The summed E-state index contributed by atoms with van der Waals surface area (Å²) in [5, 5.41) is 0.929. The summed E-state index contributed by atoms with van der Waals surface area (Å²) in [6.45, 7) is 4.16. The lowest BCUT2D eigenvalue weighted by Crippen LogP contribution is -2.14. The van der Waals surface area contributed by atoms with Crippen molar-refractivity contribution >= 4 is 9.84 Å². The predicted octanol–water partition coefficient (Wildman–Crippen LogP) is -0.480. The normalized spacial score (nSPS) is 11.4. The topological polar surface area (TPSA) is 69.4 Å². The first kappa shape index (κ1) is 10.6. The quantitative estimate of drug-likeness (QED) is 0.559. The molecule has 5 heteroatoms. The molecule has 0 heterocycles. The molecular weight excluding hydrogens is 166 g/mol. The van der Waals surface area contributed by atoms with Gasteiger partial charge in [-0.2, -0.15) is 0 Å². The minimum atomic E-state index is -3.10. The van der Waals surface area contributed by atoms with Crippen molar-refractivity contribution in [2.24, 2.45) is 5.73 Å². The van der Waals surface area contributed by atoms with Crippen LogP contribution in [0.25, 0.3) is 0 Å². The van der Waals surface area contributed by atoms with Crippen molar-refractivity contribution < 1.29 is 13.2 Å². The third-order valence-corrected chi connectivity index (χ3v) is 2.27. The van der Waals surface area contributed by atoms with Crippen LogP contribution >= 0.6 is 0 Å². The molecule has 11 heavy (non-hydrogen) atoms. The summed E-state index contributed by atoms with van der Waals surface area (Å²) in [5.41, 5.74) is 5.12. The van der Waals surface area contributed by atoms with E-state index in [0.717, 1.165) is 5.41 Å². The highest BCUT2D eigenvalue weighted by Gasteiger charge is 2.02. The van der Waals surface area contributed by atoms with Crippen LogP contribution in [0, 0.1) is 0 Å². The molecular formula is C6H13NO3S. The lowest BCUT2D eigenvalue weighted by Gasteiger charge is -1.99. The first-order chi connectivity index (χ1) is 5.12. The van der Waals surface area contributed by atoms with Crippen molar-refractivity contribution in [3.63, 3.8) is 0 Å². The van der Waals surface area contributed by atoms with E-state index in [1.54, 1.807) is 0 Å². The molecule has 0 bridgehead atoms. The van der Waals surface area contributed by atoms with E-state index >= 15 is 0 Å². The summed E-state index contributed by atoms with van der Waals surface area (Å²) in [6.07, 6.45) is 0. The van der Waals surface area contributed by atoms with Gasteiger partial charge in [0.1, 0.15) is 0 Å². The number of ether oxygens (including phenoxy) is 1. The molecule has 0 fully saturated rings. The van der Waals surface area contributed by atoms with Gasteiger partial charge in [-0.3, -0.25) is 0 Å². The van der Waals surface area contributed by atoms with Gasteiger partial charge in [-0.25, -0.2) is 8.42 Å². The Morgan fingerprint density at radius 2 is 2.09 bits per heavy atom. The van der Waals surface area contributed by atoms with Crippen LogP contribution in [-0.4, -0.2) is 33.9 Å². The van der Waals surface area contributed by atoms with Gasteiger partial charge >= 0.3 is 0 Å². The number of hydrogen-bond donors (Lipinski definition) is 1. The van der Waals surface area contributed by atoms with Crippen LogP contribution in [0.2, 0.25) is 0 Å². The molecule has 0 atom stereocenters. The lowest BCUT2D eigenvalue weighted by atomic mass is 10.7. The SMILES string of the molecule is C=CS(=O)(=O)CCOCCN.